The lowest BCUT2D eigenvalue weighted by molar-refractivity contribution is 0.00578. The van der Waals surface area contributed by atoms with Crippen LogP contribution in [0.4, 0.5) is 0 Å². The molecule has 0 radical (unpaired) electrons. The molecule has 0 aliphatic carbocycles. The van der Waals surface area contributed by atoms with Gasteiger partial charge < -0.3 is 9.31 Å². The molecular weight excluding hydrogens is 203 g/mol. The van der Waals surface area contributed by atoms with Crippen molar-refractivity contribution in [3.63, 3.8) is 0 Å². The Kier molecular flexibility index (Phi) is 2.51. The molecule has 2 rings (SSSR count). The summed E-state index contributed by atoms with van der Waals surface area (Å²) in [5.74, 6) is 0. The molecule has 88 valence electrons. The monoisotopic (exact) mass is 222 g/mol. The first-order valence-corrected chi connectivity index (χ1v) is 5.72. The van der Waals surface area contributed by atoms with Gasteiger partial charge in [0.1, 0.15) is 0 Å². The van der Waals surface area contributed by atoms with Crippen molar-refractivity contribution >= 4 is 7.12 Å². The topological polar surface area (TPSA) is 43.2 Å². The number of nitrogens with zero attached hydrogens (tertiary/aromatic N) is 2. The van der Waals surface area contributed by atoms with Crippen LogP contribution in [0.5, 0.6) is 0 Å². The van der Waals surface area contributed by atoms with Gasteiger partial charge in [-0.15, -0.1) is 0 Å². The molecule has 0 saturated carbocycles. The summed E-state index contributed by atoms with van der Waals surface area (Å²) in [5.41, 5.74) is 1.38. The molecule has 16 heavy (non-hydrogen) atoms. The Morgan fingerprint density at radius 3 is 2.00 bits per heavy atom. The van der Waals surface area contributed by atoms with E-state index in [2.05, 4.69) is 37.9 Å². The van der Waals surface area contributed by atoms with Crippen LogP contribution in [0.15, 0.2) is 21.4 Å². The summed E-state index contributed by atoms with van der Waals surface area (Å²) in [5, 5.41) is 8.21. The summed E-state index contributed by atoms with van der Waals surface area (Å²) in [7, 11) is -0.310. The van der Waals surface area contributed by atoms with Gasteiger partial charge in [-0.1, -0.05) is 0 Å². The first kappa shape index (κ1) is 11.8. The first-order valence-electron chi connectivity index (χ1n) is 5.72. The highest BCUT2D eigenvalue weighted by Gasteiger charge is 2.54. The van der Waals surface area contributed by atoms with E-state index in [0.717, 1.165) is 11.2 Å². The third kappa shape index (κ3) is 1.62. The van der Waals surface area contributed by atoms with E-state index in [1.54, 1.807) is 0 Å². The summed E-state index contributed by atoms with van der Waals surface area (Å²) in [6.45, 7) is 12.2. The molecule has 0 N–H and O–H groups in total. The summed E-state index contributed by atoms with van der Waals surface area (Å²) in [6, 6.07) is 0.0645. The van der Waals surface area contributed by atoms with Gasteiger partial charge in [0.15, 0.2) is 0 Å². The molecule has 0 aromatic heterocycles. The van der Waals surface area contributed by atoms with Crippen LogP contribution in [0, 0.1) is 0 Å². The third-order valence-electron chi connectivity index (χ3n) is 3.76. The molecule has 0 aromatic carbocycles. The Hall–Kier alpha value is -0.675. The van der Waals surface area contributed by atoms with Crippen LogP contribution in [-0.2, 0) is 9.31 Å². The molecule has 2 aliphatic rings. The van der Waals surface area contributed by atoms with E-state index in [4.69, 9.17) is 9.31 Å². The second-order valence-electron chi connectivity index (χ2n) is 5.52. The average molecular weight is 222 g/mol. The molecule has 1 atom stereocenters. The van der Waals surface area contributed by atoms with Crippen molar-refractivity contribution in [3.05, 3.63) is 11.2 Å². The molecule has 5 heteroatoms. The Morgan fingerprint density at radius 1 is 1.12 bits per heavy atom. The van der Waals surface area contributed by atoms with Gasteiger partial charge in [0.05, 0.1) is 22.9 Å². The van der Waals surface area contributed by atoms with E-state index in [1.165, 1.54) is 0 Å². The van der Waals surface area contributed by atoms with E-state index >= 15 is 0 Å². The van der Waals surface area contributed by atoms with Gasteiger partial charge in [-0.05, 0) is 41.5 Å². The van der Waals surface area contributed by atoms with Gasteiger partial charge >= 0.3 is 7.12 Å². The molecular formula is C11H19BN2O2. The second-order valence-corrected chi connectivity index (χ2v) is 5.52. The predicted octanol–water partition coefficient (Wildman–Crippen LogP) is 2.75. The zero-order valence-corrected chi connectivity index (χ0v) is 10.9. The number of rotatable bonds is 1. The normalized spacial score (nSPS) is 31.6. The fourth-order valence-electron chi connectivity index (χ4n) is 1.93. The number of allylic oxidation sites excluding steroid dienone is 1. The predicted molar refractivity (Wildman–Crippen MR) is 63.1 cm³/mol. The van der Waals surface area contributed by atoms with Crippen molar-refractivity contribution in [1.82, 2.24) is 0 Å². The largest absolute Gasteiger partial charge is 0.494 e. The van der Waals surface area contributed by atoms with Crippen LogP contribution in [-0.4, -0.2) is 24.4 Å². The SMILES string of the molecule is CC1=C(B2OC(C)(C)C(C)(C)O2)[C@H](C)N=N1. The molecule has 1 saturated heterocycles. The van der Waals surface area contributed by atoms with Crippen LogP contribution < -0.4 is 0 Å². The maximum Gasteiger partial charge on any atom is 0.494 e. The summed E-state index contributed by atoms with van der Waals surface area (Å²) >= 11 is 0. The van der Waals surface area contributed by atoms with E-state index in [-0.39, 0.29) is 24.4 Å². The van der Waals surface area contributed by atoms with Crippen LogP contribution >= 0.6 is 0 Å². The number of hydrogen-bond acceptors (Lipinski definition) is 4. The van der Waals surface area contributed by atoms with Crippen molar-refractivity contribution in [2.24, 2.45) is 10.2 Å². The fraction of sp³-hybridized carbons (Fsp3) is 0.818. The van der Waals surface area contributed by atoms with Gasteiger partial charge in [-0.3, -0.25) is 0 Å². The molecule has 2 aliphatic heterocycles. The zero-order valence-electron chi connectivity index (χ0n) is 10.9. The highest BCUT2D eigenvalue weighted by molar-refractivity contribution is 6.55. The first-order chi connectivity index (χ1) is 7.24. The molecule has 0 aromatic rings. The lowest BCUT2D eigenvalue weighted by Gasteiger charge is -2.32. The van der Waals surface area contributed by atoms with Crippen molar-refractivity contribution < 1.29 is 9.31 Å². The minimum Gasteiger partial charge on any atom is -0.399 e. The van der Waals surface area contributed by atoms with Gasteiger partial charge in [0.2, 0.25) is 0 Å². The van der Waals surface area contributed by atoms with Crippen LogP contribution in [0.25, 0.3) is 0 Å². The number of hydrogen-bond donors (Lipinski definition) is 0. The molecule has 0 unspecified atom stereocenters. The zero-order chi connectivity index (χ0) is 12.1. The van der Waals surface area contributed by atoms with Crippen LogP contribution in [0.3, 0.4) is 0 Å². The molecule has 0 amide bonds. The lowest BCUT2D eigenvalue weighted by atomic mass is 9.74. The average Bonchev–Trinajstić information content (AvgIpc) is 2.52. The highest BCUT2D eigenvalue weighted by Crippen LogP contribution is 2.40. The standard InChI is InChI=1S/C11H19BN2O2/c1-7-9(8(2)14-13-7)12-15-10(3,4)11(5,6)16-12/h7H,1-6H3/t7-/m0/s1. The minimum absolute atomic E-state index is 0.0645. The minimum atomic E-state index is -0.310. The lowest BCUT2D eigenvalue weighted by Crippen LogP contribution is -2.41. The smallest absolute Gasteiger partial charge is 0.399 e. The molecule has 0 bridgehead atoms. The maximum absolute atomic E-state index is 5.99. The van der Waals surface area contributed by atoms with E-state index in [1.807, 2.05) is 13.8 Å². The van der Waals surface area contributed by atoms with Gasteiger partial charge in [-0.2, -0.15) is 10.2 Å². The van der Waals surface area contributed by atoms with Gasteiger partial charge in [-0.25, -0.2) is 0 Å². The van der Waals surface area contributed by atoms with Crippen molar-refractivity contribution in [3.8, 4) is 0 Å². The van der Waals surface area contributed by atoms with Crippen molar-refractivity contribution in [1.29, 1.82) is 0 Å². The Balaban J connectivity index is 2.25. The van der Waals surface area contributed by atoms with E-state index in [9.17, 15) is 0 Å². The third-order valence-corrected chi connectivity index (χ3v) is 3.76. The molecule has 1 fully saturated rings. The van der Waals surface area contributed by atoms with Crippen LogP contribution in [0.2, 0.25) is 0 Å². The summed E-state index contributed by atoms with van der Waals surface area (Å²) in [4.78, 5) is 0. The molecule has 0 spiro atoms. The maximum atomic E-state index is 5.99. The number of azo groups is 1. The second kappa shape index (κ2) is 3.41. The Labute approximate surface area is 97.3 Å². The summed E-state index contributed by atoms with van der Waals surface area (Å²) < 4.78 is 12.0. The molecule has 2 heterocycles. The van der Waals surface area contributed by atoms with Crippen molar-refractivity contribution in [2.45, 2.75) is 58.8 Å². The Morgan fingerprint density at radius 2 is 1.62 bits per heavy atom. The van der Waals surface area contributed by atoms with Gasteiger partial charge in [0.25, 0.3) is 0 Å². The van der Waals surface area contributed by atoms with Crippen LogP contribution in [0.1, 0.15) is 41.5 Å². The summed E-state index contributed by atoms with van der Waals surface area (Å²) in [6.07, 6.45) is 0. The highest BCUT2D eigenvalue weighted by atomic mass is 16.7. The quantitative estimate of drug-likeness (QED) is 0.640. The fourth-order valence-corrected chi connectivity index (χ4v) is 1.93. The van der Waals surface area contributed by atoms with E-state index in [0.29, 0.717) is 0 Å². The van der Waals surface area contributed by atoms with Gasteiger partial charge in [0, 0.05) is 5.47 Å². The van der Waals surface area contributed by atoms with Crippen molar-refractivity contribution in [2.75, 3.05) is 0 Å². The molecule has 4 nitrogen and oxygen atoms in total. The Bertz CT molecular complexity index is 358. The van der Waals surface area contributed by atoms with E-state index < -0.39 is 0 Å².